The fraction of sp³-hybridized carbons (Fsp3) is 0.429. The number of para-hydroxylation sites is 1. The second-order valence-electron chi connectivity index (χ2n) is 10.0. The molecule has 3 aromatic rings. The van der Waals surface area contributed by atoms with E-state index in [1.165, 1.54) is 0 Å². The largest absolute Gasteiger partial charge is 0.455 e. The zero-order chi connectivity index (χ0) is 23.9. The molecule has 3 aliphatic rings. The predicted octanol–water partition coefficient (Wildman–Crippen LogP) is 6.00. The van der Waals surface area contributed by atoms with Crippen molar-refractivity contribution in [1.29, 1.82) is 0 Å². The van der Waals surface area contributed by atoms with Gasteiger partial charge in [-0.25, -0.2) is 0 Å². The number of fused-ring (bicyclic) bond motifs is 1. The number of nitrogens with zero attached hydrogens (tertiary/aromatic N) is 3. The Hall–Kier alpha value is -2.83. The third-order valence-electron chi connectivity index (χ3n) is 7.56. The first-order chi connectivity index (χ1) is 17.1. The topological polar surface area (TPSA) is 59.4 Å². The molecule has 1 N–H and O–H groups in total. The number of aromatic nitrogens is 2. The van der Waals surface area contributed by atoms with E-state index in [4.69, 9.17) is 21.4 Å². The average molecular weight is 491 g/mol. The molecule has 1 atom stereocenters. The number of rotatable bonds is 5. The van der Waals surface area contributed by atoms with Crippen LogP contribution in [0.4, 0.5) is 5.69 Å². The van der Waals surface area contributed by atoms with Gasteiger partial charge in [-0.15, -0.1) is 0 Å². The predicted molar refractivity (Wildman–Crippen MR) is 138 cm³/mol. The summed E-state index contributed by atoms with van der Waals surface area (Å²) in [4.78, 5) is 15.2. The smallest absolute Gasteiger partial charge is 0.230 e. The first-order valence-corrected chi connectivity index (χ1v) is 13.1. The van der Waals surface area contributed by atoms with Gasteiger partial charge >= 0.3 is 0 Å². The van der Waals surface area contributed by atoms with Crippen LogP contribution in [0.25, 0.3) is 11.1 Å². The summed E-state index contributed by atoms with van der Waals surface area (Å²) in [5.74, 6) is 1.81. The Morgan fingerprint density at radius 3 is 2.66 bits per heavy atom. The van der Waals surface area contributed by atoms with Crippen molar-refractivity contribution in [3.63, 3.8) is 0 Å². The van der Waals surface area contributed by atoms with Crippen molar-refractivity contribution in [3.8, 4) is 22.6 Å². The van der Waals surface area contributed by atoms with Gasteiger partial charge in [-0.2, -0.15) is 5.10 Å². The Kier molecular flexibility index (Phi) is 6.02. The summed E-state index contributed by atoms with van der Waals surface area (Å²) in [7, 11) is 0. The van der Waals surface area contributed by atoms with E-state index in [0.29, 0.717) is 16.8 Å². The van der Waals surface area contributed by atoms with Crippen LogP contribution in [0.5, 0.6) is 11.5 Å². The molecular formula is C28H31ClN4O2. The molecule has 1 saturated carbocycles. The number of amides is 1. The van der Waals surface area contributed by atoms with Gasteiger partial charge in [0, 0.05) is 34.8 Å². The van der Waals surface area contributed by atoms with Crippen LogP contribution in [0.1, 0.15) is 50.6 Å². The lowest BCUT2D eigenvalue weighted by Gasteiger charge is -2.36. The van der Waals surface area contributed by atoms with E-state index in [9.17, 15) is 4.79 Å². The summed E-state index contributed by atoms with van der Waals surface area (Å²) in [6.07, 6.45) is 9.96. The van der Waals surface area contributed by atoms with Gasteiger partial charge in [0.15, 0.2) is 0 Å². The van der Waals surface area contributed by atoms with Crippen LogP contribution in [-0.2, 0) is 11.2 Å². The number of hydrogen-bond donors (Lipinski definition) is 1. The van der Waals surface area contributed by atoms with Crippen LogP contribution < -0.4 is 15.0 Å². The van der Waals surface area contributed by atoms with E-state index in [1.54, 1.807) is 0 Å². The third kappa shape index (κ3) is 4.34. The van der Waals surface area contributed by atoms with Gasteiger partial charge < -0.3 is 15.0 Å². The molecule has 1 amide bonds. The molecule has 0 radical (unpaired) electrons. The van der Waals surface area contributed by atoms with E-state index in [2.05, 4.69) is 35.3 Å². The number of piperidine rings is 1. The third-order valence-corrected chi connectivity index (χ3v) is 7.87. The van der Waals surface area contributed by atoms with Gasteiger partial charge in [-0.1, -0.05) is 23.7 Å². The first kappa shape index (κ1) is 22.6. The quantitative estimate of drug-likeness (QED) is 0.476. The minimum absolute atomic E-state index is 0.166. The van der Waals surface area contributed by atoms with Crippen molar-refractivity contribution in [2.24, 2.45) is 5.92 Å². The normalized spacial score (nSPS) is 20.5. The highest BCUT2D eigenvalue weighted by molar-refractivity contribution is 6.32. The van der Waals surface area contributed by atoms with Crippen LogP contribution >= 0.6 is 11.6 Å². The molecule has 2 fully saturated rings. The summed E-state index contributed by atoms with van der Waals surface area (Å²) in [6, 6.07) is 12.3. The minimum atomic E-state index is 0.166. The molecule has 6 rings (SSSR count). The van der Waals surface area contributed by atoms with E-state index in [-0.39, 0.29) is 17.9 Å². The zero-order valence-corrected chi connectivity index (χ0v) is 20.8. The van der Waals surface area contributed by atoms with E-state index < -0.39 is 0 Å². The molecule has 7 heteroatoms. The van der Waals surface area contributed by atoms with Gasteiger partial charge in [-0.05, 0) is 82.8 Å². The summed E-state index contributed by atoms with van der Waals surface area (Å²) in [5, 5.41) is 8.71. The molecule has 0 spiro atoms. The van der Waals surface area contributed by atoms with Gasteiger partial charge in [0.1, 0.15) is 11.5 Å². The lowest BCUT2D eigenvalue weighted by Crippen LogP contribution is -2.43. The second kappa shape index (κ2) is 9.32. The molecule has 182 valence electrons. The molecule has 6 nitrogen and oxygen atoms in total. The maximum Gasteiger partial charge on any atom is 0.230 e. The molecule has 2 aromatic carbocycles. The number of halogens is 1. The van der Waals surface area contributed by atoms with Crippen molar-refractivity contribution in [2.45, 2.75) is 57.5 Å². The molecule has 2 aliphatic heterocycles. The lowest BCUT2D eigenvalue weighted by atomic mass is 9.92. The number of ether oxygens (including phenoxy) is 1. The number of nitrogens with one attached hydrogen (secondary N) is 1. The zero-order valence-electron chi connectivity index (χ0n) is 20.0. The Bertz CT molecular complexity index is 1250. The monoisotopic (exact) mass is 490 g/mol. The Morgan fingerprint density at radius 2 is 1.89 bits per heavy atom. The van der Waals surface area contributed by atoms with Gasteiger partial charge in [-0.3, -0.25) is 9.48 Å². The molecule has 3 heterocycles. The van der Waals surface area contributed by atoms with Gasteiger partial charge in [0.2, 0.25) is 5.91 Å². The van der Waals surface area contributed by atoms with Gasteiger partial charge in [0.05, 0.1) is 22.9 Å². The van der Waals surface area contributed by atoms with Crippen molar-refractivity contribution >= 4 is 23.2 Å². The minimum Gasteiger partial charge on any atom is -0.455 e. The number of benzene rings is 2. The Labute approximate surface area is 211 Å². The summed E-state index contributed by atoms with van der Waals surface area (Å²) in [6.45, 7) is 4.18. The Balaban J connectivity index is 1.45. The van der Waals surface area contributed by atoms with E-state index in [0.717, 1.165) is 79.7 Å². The van der Waals surface area contributed by atoms with Crippen LogP contribution in [0.2, 0.25) is 5.02 Å². The summed E-state index contributed by atoms with van der Waals surface area (Å²) < 4.78 is 8.67. The first-order valence-electron chi connectivity index (χ1n) is 12.8. The fourth-order valence-electron chi connectivity index (χ4n) is 5.40. The van der Waals surface area contributed by atoms with Crippen molar-refractivity contribution < 1.29 is 9.53 Å². The molecule has 35 heavy (non-hydrogen) atoms. The number of carbonyl (C=O) groups excluding carboxylic acids is 1. The highest BCUT2D eigenvalue weighted by atomic mass is 35.5. The summed E-state index contributed by atoms with van der Waals surface area (Å²) >= 11 is 6.50. The van der Waals surface area contributed by atoms with E-state index >= 15 is 0 Å². The highest BCUT2D eigenvalue weighted by Gasteiger charge is 2.39. The maximum atomic E-state index is 13.2. The highest BCUT2D eigenvalue weighted by Crippen LogP contribution is 2.47. The van der Waals surface area contributed by atoms with E-state index in [1.807, 2.05) is 35.4 Å². The number of carbonyl (C=O) groups is 1. The van der Waals surface area contributed by atoms with Crippen LogP contribution in [0.15, 0.2) is 48.8 Å². The molecule has 1 aliphatic carbocycles. The lowest BCUT2D eigenvalue weighted by molar-refractivity contribution is -0.120. The fourth-order valence-corrected chi connectivity index (χ4v) is 5.57. The summed E-state index contributed by atoms with van der Waals surface area (Å²) in [5.41, 5.74) is 4.05. The van der Waals surface area contributed by atoms with Crippen molar-refractivity contribution in [1.82, 2.24) is 15.1 Å². The number of hydrogen-bond acceptors (Lipinski definition) is 4. The molecular weight excluding hydrogens is 460 g/mol. The van der Waals surface area contributed by atoms with Crippen LogP contribution in [0, 0.1) is 5.92 Å². The number of anilines is 1. The second-order valence-corrected chi connectivity index (χ2v) is 10.4. The SMILES string of the molecule is CC1CCc2c(ccc(-c3cnn(C4CCNCC4)c3)c2Oc2ccccc2Cl)N1C(=O)C1CC1. The van der Waals surface area contributed by atoms with Crippen molar-refractivity contribution in [2.75, 3.05) is 18.0 Å². The Morgan fingerprint density at radius 1 is 1.09 bits per heavy atom. The van der Waals surface area contributed by atoms with Crippen LogP contribution in [0.3, 0.4) is 0 Å². The van der Waals surface area contributed by atoms with Crippen LogP contribution in [-0.4, -0.2) is 34.8 Å². The maximum absolute atomic E-state index is 13.2. The molecule has 1 aromatic heterocycles. The van der Waals surface area contributed by atoms with Crippen molar-refractivity contribution in [3.05, 3.63) is 59.4 Å². The molecule has 0 bridgehead atoms. The molecule has 1 saturated heterocycles. The average Bonchev–Trinajstić information content (AvgIpc) is 3.62. The molecule has 1 unspecified atom stereocenters. The standard InChI is InChI=1S/C28H31ClN4O2/c1-18-6-9-23-25(33(18)28(34)19-7-8-19)11-10-22(27(23)35-26-5-3-2-4-24(26)29)20-16-31-32(17-20)21-12-14-30-15-13-21/h2-5,10-11,16-19,21,30H,6-9,12-15H2,1H3. The van der Waals surface area contributed by atoms with Gasteiger partial charge in [0.25, 0.3) is 0 Å².